The van der Waals surface area contributed by atoms with Gasteiger partial charge in [0.15, 0.2) is 0 Å². The van der Waals surface area contributed by atoms with Crippen LogP contribution in [-0.2, 0) is 9.53 Å². The van der Waals surface area contributed by atoms with Gasteiger partial charge in [-0.1, -0.05) is 78.9 Å². The number of nitro groups is 2. The zero-order valence-corrected chi connectivity index (χ0v) is 22.1. The first-order valence-electron chi connectivity index (χ1n) is 12.7. The number of hydrogen-bond donors (Lipinski definition) is 2. The summed E-state index contributed by atoms with van der Waals surface area (Å²) in [6.07, 6.45) is -0.175. The lowest BCUT2D eigenvalue weighted by Gasteiger charge is -2.19. The highest BCUT2D eigenvalue weighted by Gasteiger charge is 2.22. The van der Waals surface area contributed by atoms with Crippen LogP contribution < -0.4 is 10.7 Å². The van der Waals surface area contributed by atoms with Crippen molar-refractivity contribution in [1.29, 1.82) is 0 Å². The molecule has 12 heteroatoms. The van der Waals surface area contributed by atoms with Gasteiger partial charge in [0.05, 0.1) is 28.4 Å². The Kier molecular flexibility index (Phi) is 9.65. The van der Waals surface area contributed by atoms with Crippen LogP contribution in [0.25, 0.3) is 0 Å². The van der Waals surface area contributed by atoms with E-state index in [9.17, 15) is 29.8 Å². The molecule has 0 spiro atoms. The lowest BCUT2D eigenvalue weighted by atomic mass is 10.0. The third kappa shape index (κ3) is 7.82. The van der Waals surface area contributed by atoms with Gasteiger partial charge in [-0.05, 0) is 23.8 Å². The summed E-state index contributed by atoms with van der Waals surface area (Å²) in [5, 5.41) is 29.7. The normalized spacial score (nSPS) is 11.7. The Morgan fingerprint density at radius 1 is 0.786 bits per heavy atom. The van der Waals surface area contributed by atoms with Gasteiger partial charge in [-0.15, -0.1) is 0 Å². The molecule has 1 amide bonds. The molecule has 0 fully saturated rings. The number of nitrogens with zero attached hydrogens (tertiary/aromatic N) is 3. The van der Waals surface area contributed by atoms with Crippen molar-refractivity contribution in [2.45, 2.75) is 12.5 Å². The number of non-ortho nitro benzene ring substituents is 1. The quantitative estimate of drug-likeness (QED) is 0.0990. The average Bonchev–Trinajstić information content (AvgIpc) is 3.01. The van der Waals surface area contributed by atoms with Crippen molar-refractivity contribution < 1.29 is 24.2 Å². The third-order valence-corrected chi connectivity index (χ3v) is 6.09. The molecule has 2 N–H and O–H groups in total. The van der Waals surface area contributed by atoms with Crippen LogP contribution in [0.15, 0.2) is 114 Å². The minimum Gasteiger partial charge on any atom is -0.459 e. The predicted octanol–water partition coefficient (Wildman–Crippen LogP) is 5.42. The molecule has 0 saturated carbocycles. The predicted molar refractivity (Wildman–Crippen MR) is 155 cm³/mol. The topological polar surface area (TPSA) is 166 Å². The van der Waals surface area contributed by atoms with Crippen molar-refractivity contribution in [3.63, 3.8) is 0 Å². The summed E-state index contributed by atoms with van der Waals surface area (Å²) in [4.78, 5) is 46.9. The lowest BCUT2D eigenvalue weighted by molar-refractivity contribution is -0.393. The number of amides is 1. The maximum atomic E-state index is 13.0. The monoisotopic (exact) mass is 567 g/mol. The maximum absolute atomic E-state index is 13.0. The van der Waals surface area contributed by atoms with Gasteiger partial charge in [0, 0.05) is 17.2 Å². The first-order valence-corrected chi connectivity index (χ1v) is 12.7. The molecule has 212 valence electrons. The second-order valence-electron chi connectivity index (χ2n) is 8.92. The molecule has 4 aromatic carbocycles. The van der Waals surface area contributed by atoms with E-state index in [0.29, 0.717) is 16.7 Å². The van der Waals surface area contributed by atoms with Crippen LogP contribution in [0.1, 0.15) is 33.9 Å². The highest BCUT2D eigenvalue weighted by molar-refractivity contribution is 6.02. The smallest absolute Gasteiger partial charge is 0.308 e. The SMILES string of the molecule is O=C(C[C@@H](NC(=O)c1ccccc1)c1ccccc1)OC/C(=N\Nc1ccc([N+](=O)[O-])cc1[N+](=O)[O-])c1ccccc1. The van der Waals surface area contributed by atoms with Crippen LogP contribution >= 0.6 is 0 Å². The third-order valence-electron chi connectivity index (χ3n) is 6.09. The highest BCUT2D eigenvalue weighted by atomic mass is 16.6. The Hall–Kier alpha value is -5.91. The zero-order chi connectivity index (χ0) is 29.9. The van der Waals surface area contributed by atoms with E-state index in [-0.39, 0.29) is 30.3 Å². The van der Waals surface area contributed by atoms with Crippen LogP contribution in [0, 0.1) is 20.2 Å². The second-order valence-corrected chi connectivity index (χ2v) is 8.92. The van der Waals surface area contributed by atoms with E-state index in [1.54, 1.807) is 84.9 Å². The lowest BCUT2D eigenvalue weighted by Crippen LogP contribution is -2.31. The molecule has 0 heterocycles. The highest BCUT2D eigenvalue weighted by Crippen LogP contribution is 2.29. The summed E-state index contributed by atoms with van der Waals surface area (Å²) in [5.41, 5.74) is 3.45. The van der Waals surface area contributed by atoms with Crippen LogP contribution in [0.5, 0.6) is 0 Å². The Balaban J connectivity index is 1.51. The fourth-order valence-electron chi connectivity index (χ4n) is 3.96. The molecule has 0 saturated heterocycles. The molecule has 0 aliphatic rings. The number of carbonyl (C=O) groups is 2. The van der Waals surface area contributed by atoms with E-state index in [4.69, 9.17) is 4.74 Å². The molecule has 4 rings (SSSR count). The minimum absolute atomic E-state index is 0.0851. The zero-order valence-electron chi connectivity index (χ0n) is 22.1. The number of esters is 1. The van der Waals surface area contributed by atoms with E-state index in [1.807, 2.05) is 6.07 Å². The number of hydrogen-bond acceptors (Lipinski definition) is 9. The first-order chi connectivity index (χ1) is 20.3. The van der Waals surface area contributed by atoms with E-state index in [0.717, 1.165) is 12.1 Å². The van der Waals surface area contributed by atoms with Crippen LogP contribution in [0.2, 0.25) is 0 Å². The van der Waals surface area contributed by atoms with Crippen LogP contribution in [0.4, 0.5) is 17.1 Å². The molecule has 4 aromatic rings. The summed E-state index contributed by atoms with van der Waals surface area (Å²) in [6, 6.07) is 28.7. The summed E-state index contributed by atoms with van der Waals surface area (Å²) in [7, 11) is 0. The number of carbonyl (C=O) groups excluding carboxylic acids is 2. The molecule has 0 unspecified atom stereocenters. The summed E-state index contributed by atoms with van der Waals surface area (Å²) < 4.78 is 5.53. The molecule has 0 radical (unpaired) electrons. The van der Waals surface area contributed by atoms with Gasteiger partial charge in [-0.2, -0.15) is 5.10 Å². The number of benzene rings is 4. The number of hydrazone groups is 1. The largest absolute Gasteiger partial charge is 0.459 e. The van der Waals surface area contributed by atoms with E-state index in [2.05, 4.69) is 15.8 Å². The van der Waals surface area contributed by atoms with Gasteiger partial charge in [0.2, 0.25) is 0 Å². The van der Waals surface area contributed by atoms with Crippen molar-refractivity contribution in [3.05, 3.63) is 146 Å². The molecule has 1 atom stereocenters. The minimum atomic E-state index is -0.763. The number of ether oxygens (including phenoxy) is 1. The number of nitrogens with one attached hydrogen (secondary N) is 2. The number of nitro benzene ring substituents is 2. The van der Waals surface area contributed by atoms with Gasteiger partial charge in [0.1, 0.15) is 18.0 Å². The van der Waals surface area contributed by atoms with Gasteiger partial charge in [-0.3, -0.25) is 35.2 Å². The number of rotatable bonds is 12. The summed E-state index contributed by atoms with van der Waals surface area (Å²) >= 11 is 0. The average molecular weight is 568 g/mol. The van der Waals surface area contributed by atoms with E-state index >= 15 is 0 Å². The van der Waals surface area contributed by atoms with Gasteiger partial charge < -0.3 is 10.1 Å². The van der Waals surface area contributed by atoms with E-state index in [1.165, 1.54) is 6.07 Å². The Labute approximate surface area is 240 Å². The van der Waals surface area contributed by atoms with Gasteiger partial charge >= 0.3 is 11.7 Å². The molecular formula is C30H25N5O7. The standard InChI is InChI=1S/C30H25N5O7/c36-29(19-26(21-10-4-1-5-11-21)31-30(37)23-14-8-3-9-15-23)42-20-27(22-12-6-2-7-13-22)33-32-25-17-16-24(34(38)39)18-28(25)35(40)41/h1-18,26,32H,19-20H2,(H,31,37)/b33-27+/t26-/m1/s1. The Morgan fingerprint density at radius 2 is 1.38 bits per heavy atom. The van der Waals surface area contributed by atoms with Crippen LogP contribution in [0.3, 0.4) is 0 Å². The Morgan fingerprint density at radius 3 is 1.98 bits per heavy atom. The molecule has 0 aromatic heterocycles. The van der Waals surface area contributed by atoms with E-state index < -0.39 is 33.2 Å². The molecule has 0 bridgehead atoms. The summed E-state index contributed by atoms with van der Waals surface area (Å²) in [6.45, 7) is -0.301. The fourth-order valence-corrected chi connectivity index (χ4v) is 3.96. The van der Waals surface area contributed by atoms with Crippen molar-refractivity contribution in [3.8, 4) is 0 Å². The molecule has 12 nitrogen and oxygen atoms in total. The van der Waals surface area contributed by atoms with Crippen molar-refractivity contribution in [1.82, 2.24) is 5.32 Å². The molecule has 0 aliphatic heterocycles. The Bertz CT molecular complexity index is 1600. The van der Waals surface area contributed by atoms with Crippen molar-refractivity contribution in [2.75, 3.05) is 12.0 Å². The summed E-state index contributed by atoms with van der Waals surface area (Å²) in [5.74, 6) is -0.972. The molecule has 42 heavy (non-hydrogen) atoms. The van der Waals surface area contributed by atoms with Gasteiger partial charge in [-0.25, -0.2) is 0 Å². The molecule has 0 aliphatic carbocycles. The second kappa shape index (κ2) is 13.9. The first kappa shape index (κ1) is 29.1. The molecular weight excluding hydrogens is 542 g/mol. The van der Waals surface area contributed by atoms with Crippen molar-refractivity contribution >= 4 is 34.7 Å². The van der Waals surface area contributed by atoms with Crippen LogP contribution in [-0.4, -0.2) is 34.0 Å². The fraction of sp³-hybridized carbons (Fsp3) is 0.100. The number of anilines is 1. The van der Waals surface area contributed by atoms with Gasteiger partial charge in [0.25, 0.3) is 11.6 Å². The van der Waals surface area contributed by atoms with Crippen molar-refractivity contribution in [2.24, 2.45) is 5.10 Å². The maximum Gasteiger partial charge on any atom is 0.308 e.